The minimum atomic E-state index is 0.276. The van der Waals surface area contributed by atoms with Crippen LogP contribution in [-0.4, -0.2) is 73.2 Å². The lowest BCUT2D eigenvalue weighted by atomic mass is 10.1. The molecule has 0 aromatic heterocycles. The molecule has 0 bridgehead atoms. The summed E-state index contributed by atoms with van der Waals surface area (Å²) in [6.45, 7) is 6.23. The quantitative estimate of drug-likeness (QED) is 0.667. The zero-order valence-corrected chi connectivity index (χ0v) is 14.4. The van der Waals surface area contributed by atoms with Gasteiger partial charge in [-0.25, -0.2) is 0 Å². The standard InChI is InChI=1S/C17H26N4OS/c18-17(21-8-12-23-13-9-21)19-14-16(15-4-2-1-3-5-15)20-6-10-22-11-7-20/h1-5,16H,6-14H2,(H2,18,19). The second-order valence-corrected chi connectivity index (χ2v) is 7.10. The summed E-state index contributed by atoms with van der Waals surface area (Å²) in [6, 6.07) is 10.9. The van der Waals surface area contributed by atoms with Gasteiger partial charge in [0, 0.05) is 37.7 Å². The molecule has 2 fully saturated rings. The van der Waals surface area contributed by atoms with E-state index in [9.17, 15) is 0 Å². The van der Waals surface area contributed by atoms with Gasteiger partial charge in [-0.05, 0) is 5.56 Å². The molecule has 0 radical (unpaired) electrons. The number of benzene rings is 1. The van der Waals surface area contributed by atoms with Crippen LogP contribution in [0.25, 0.3) is 0 Å². The van der Waals surface area contributed by atoms with Crippen molar-refractivity contribution in [2.24, 2.45) is 10.7 Å². The van der Waals surface area contributed by atoms with Gasteiger partial charge >= 0.3 is 0 Å². The van der Waals surface area contributed by atoms with Gasteiger partial charge in [0.2, 0.25) is 0 Å². The number of hydrogen-bond donors (Lipinski definition) is 1. The van der Waals surface area contributed by atoms with Gasteiger partial charge in [-0.1, -0.05) is 30.3 Å². The minimum Gasteiger partial charge on any atom is -0.379 e. The number of nitrogens with two attached hydrogens (primary N) is 1. The Labute approximate surface area is 142 Å². The van der Waals surface area contributed by atoms with E-state index in [2.05, 4.69) is 40.1 Å². The zero-order valence-electron chi connectivity index (χ0n) is 13.6. The van der Waals surface area contributed by atoms with Crippen LogP contribution >= 0.6 is 11.8 Å². The molecule has 1 aromatic rings. The van der Waals surface area contributed by atoms with Crippen LogP contribution in [0.1, 0.15) is 11.6 Å². The summed E-state index contributed by atoms with van der Waals surface area (Å²) in [5, 5.41) is 0. The highest BCUT2D eigenvalue weighted by Gasteiger charge is 2.22. The van der Waals surface area contributed by atoms with Gasteiger partial charge in [0.25, 0.3) is 0 Å². The van der Waals surface area contributed by atoms with Crippen LogP contribution in [0.3, 0.4) is 0 Å². The summed E-state index contributed by atoms with van der Waals surface area (Å²) >= 11 is 1.99. The number of aliphatic imine (C=N–C) groups is 1. The van der Waals surface area contributed by atoms with Gasteiger partial charge in [-0.15, -0.1) is 0 Å². The molecular formula is C17H26N4OS. The second-order valence-electron chi connectivity index (χ2n) is 5.87. The van der Waals surface area contributed by atoms with E-state index in [0.29, 0.717) is 12.5 Å². The molecule has 1 aromatic carbocycles. The molecule has 0 aliphatic carbocycles. The maximum absolute atomic E-state index is 6.23. The average molecular weight is 334 g/mol. The second kappa shape index (κ2) is 8.57. The minimum absolute atomic E-state index is 0.276. The molecule has 2 N–H and O–H groups in total. The van der Waals surface area contributed by atoms with Crippen molar-refractivity contribution < 1.29 is 4.74 Å². The fourth-order valence-corrected chi connectivity index (χ4v) is 3.97. The maximum Gasteiger partial charge on any atom is 0.191 e. The van der Waals surface area contributed by atoms with Gasteiger partial charge in [-0.3, -0.25) is 9.89 Å². The largest absolute Gasteiger partial charge is 0.379 e. The van der Waals surface area contributed by atoms with Gasteiger partial charge in [-0.2, -0.15) is 11.8 Å². The summed E-state index contributed by atoms with van der Waals surface area (Å²) in [5.74, 6) is 2.98. The molecule has 23 heavy (non-hydrogen) atoms. The SMILES string of the molecule is NC(=NCC(c1ccccc1)N1CCOCC1)N1CCSCC1. The zero-order chi connectivity index (χ0) is 15.9. The Morgan fingerprint density at radius 1 is 1.13 bits per heavy atom. The van der Waals surface area contributed by atoms with Crippen LogP contribution < -0.4 is 5.73 Å². The predicted molar refractivity (Wildman–Crippen MR) is 97.0 cm³/mol. The predicted octanol–water partition coefficient (Wildman–Crippen LogP) is 1.42. The molecule has 5 nitrogen and oxygen atoms in total. The maximum atomic E-state index is 6.23. The van der Waals surface area contributed by atoms with Crippen molar-refractivity contribution in [2.45, 2.75) is 6.04 Å². The van der Waals surface area contributed by atoms with Crippen molar-refractivity contribution in [3.63, 3.8) is 0 Å². The summed E-state index contributed by atoms with van der Waals surface area (Å²) in [4.78, 5) is 9.39. The summed E-state index contributed by atoms with van der Waals surface area (Å²) in [6.07, 6.45) is 0. The molecule has 2 saturated heterocycles. The highest BCUT2D eigenvalue weighted by Crippen LogP contribution is 2.22. The lowest BCUT2D eigenvalue weighted by molar-refractivity contribution is 0.0179. The smallest absolute Gasteiger partial charge is 0.191 e. The fourth-order valence-electron chi connectivity index (χ4n) is 3.07. The highest BCUT2D eigenvalue weighted by molar-refractivity contribution is 7.99. The van der Waals surface area contributed by atoms with E-state index >= 15 is 0 Å². The molecule has 0 saturated carbocycles. The molecule has 6 heteroatoms. The number of hydrogen-bond acceptors (Lipinski definition) is 4. The Kier molecular flexibility index (Phi) is 6.19. The van der Waals surface area contributed by atoms with Crippen LogP contribution in [0.15, 0.2) is 35.3 Å². The Balaban J connectivity index is 1.70. The number of morpholine rings is 1. The van der Waals surface area contributed by atoms with Gasteiger partial charge < -0.3 is 15.4 Å². The first-order chi connectivity index (χ1) is 11.3. The molecule has 0 spiro atoms. The first kappa shape index (κ1) is 16.6. The van der Waals surface area contributed by atoms with Crippen LogP contribution in [0.5, 0.6) is 0 Å². The summed E-state index contributed by atoms with van der Waals surface area (Å²) in [5.41, 5.74) is 7.53. The van der Waals surface area contributed by atoms with E-state index in [-0.39, 0.29) is 6.04 Å². The van der Waals surface area contributed by atoms with Crippen molar-refractivity contribution in [2.75, 3.05) is 57.4 Å². The number of rotatable bonds is 4. The summed E-state index contributed by atoms with van der Waals surface area (Å²) in [7, 11) is 0. The first-order valence-corrected chi connectivity index (χ1v) is 9.49. The van der Waals surface area contributed by atoms with Gasteiger partial charge in [0.1, 0.15) is 0 Å². The first-order valence-electron chi connectivity index (χ1n) is 8.34. The third-order valence-corrected chi connectivity index (χ3v) is 5.37. The number of ether oxygens (including phenoxy) is 1. The van der Waals surface area contributed by atoms with Crippen molar-refractivity contribution in [3.8, 4) is 0 Å². The van der Waals surface area contributed by atoms with Crippen molar-refractivity contribution in [1.29, 1.82) is 0 Å². The molecule has 3 rings (SSSR count). The van der Waals surface area contributed by atoms with E-state index in [1.807, 2.05) is 11.8 Å². The van der Waals surface area contributed by atoms with Gasteiger partial charge in [0.15, 0.2) is 5.96 Å². The lowest BCUT2D eigenvalue weighted by Gasteiger charge is -2.34. The van der Waals surface area contributed by atoms with Crippen LogP contribution in [0, 0.1) is 0 Å². The molecule has 2 aliphatic heterocycles. The topological polar surface area (TPSA) is 54.1 Å². The Morgan fingerprint density at radius 3 is 2.52 bits per heavy atom. The molecule has 126 valence electrons. The molecule has 1 atom stereocenters. The van der Waals surface area contributed by atoms with E-state index in [1.54, 1.807) is 0 Å². The molecular weight excluding hydrogens is 308 g/mol. The van der Waals surface area contributed by atoms with Crippen molar-refractivity contribution in [3.05, 3.63) is 35.9 Å². The number of guanidine groups is 1. The highest BCUT2D eigenvalue weighted by atomic mass is 32.2. The monoisotopic (exact) mass is 334 g/mol. The third-order valence-electron chi connectivity index (χ3n) is 4.43. The Bertz CT molecular complexity index is 499. The molecule has 0 amide bonds. The number of nitrogens with zero attached hydrogens (tertiary/aromatic N) is 3. The Morgan fingerprint density at radius 2 is 1.83 bits per heavy atom. The van der Waals surface area contributed by atoms with Crippen molar-refractivity contribution in [1.82, 2.24) is 9.80 Å². The normalized spacial score (nSPS) is 22.1. The van der Waals surface area contributed by atoms with Gasteiger partial charge in [0.05, 0.1) is 25.8 Å². The van der Waals surface area contributed by atoms with Crippen molar-refractivity contribution >= 4 is 17.7 Å². The van der Waals surface area contributed by atoms with Crippen LogP contribution in [0.2, 0.25) is 0 Å². The van der Waals surface area contributed by atoms with Crippen LogP contribution in [-0.2, 0) is 4.74 Å². The number of thioether (sulfide) groups is 1. The lowest BCUT2D eigenvalue weighted by Crippen LogP contribution is -2.44. The van der Waals surface area contributed by atoms with Crippen LogP contribution in [0.4, 0.5) is 0 Å². The molecule has 2 aliphatic rings. The van der Waals surface area contributed by atoms with E-state index in [4.69, 9.17) is 15.5 Å². The molecule has 1 unspecified atom stereocenters. The fraction of sp³-hybridized carbons (Fsp3) is 0.588. The summed E-state index contributed by atoms with van der Waals surface area (Å²) < 4.78 is 5.49. The molecule has 2 heterocycles. The third kappa shape index (κ3) is 4.62. The Hall–Kier alpha value is -1.24. The van der Waals surface area contributed by atoms with E-state index in [1.165, 1.54) is 5.56 Å². The van der Waals surface area contributed by atoms with E-state index < -0.39 is 0 Å². The van der Waals surface area contributed by atoms with E-state index in [0.717, 1.165) is 50.9 Å². The average Bonchev–Trinajstić information content (AvgIpc) is 2.64.